The van der Waals surface area contributed by atoms with Gasteiger partial charge in [0.05, 0.1) is 14.2 Å². The van der Waals surface area contributed by atoms with Gasteiger partial charge in [-0.15, -0.1) is 0 Å². The van der Waals surface area contributed by atoms with Gasteiger partial charge in [-0.25, -0.2) is 4.79 Å². The molecule has 1 aromatic carbocycles. The van der Waals surface area contributed by atoms with Gasteiger partial charge in [-0.05, 0) is 31.9 Å². The summed E-state index contributed by atoms with van der Waals surface area (Å²) in [6.45, 7) is 3.93. The Kier molecular flexibility index (Phi) is 4.76. The molecule has 0 saturated heterocycles. The van der Waals surface area contributed by atoms with Crippen molar-refractivity contribution in [2.24, 2.45) is 0 Å². The first-order valence-corrected chi connectivity index (χ1v) is 5.45. The van der Waals surface area contributed by atoms with Crippen LogP contribution in [0, 0.1) is 6.92 Å². The van der Waals surface area contributed by atoms with Crippen LogP contribution in [-0.4, -0.2) is 20.2 Å². The normalized spacial score (nSPS) is 11.2. The first kappa shape index (κ1) is 13.3. The van der Waals surface area contributed by atoms with Crippen molar-refractivity contribution in [1.82, 2.24) is 0 Å². The van der Waals surface area contributed by atoms with Crippen LogP contribution in [0.5, 0.6) is 5.75 Å². The fourth-order valence-electron chi connectivity index (χ4n) is 1.66. The van der Waals surface area contributed by atoms with E-state index in [0.29, 0.717) is 6.42 Å². The van der Waals surface area contributed by atoms with E-state index in [-0.39, 0.29) is 5.97 Å². The largest absolute Gasteiger partial charge is 0.496 e. The summed E-state index contributed by atoms with van der Waals surface area (Å²) in [4.78, 5) is 11.1. The van der Waals surface area contributed by atoms with Gasteiger partial charge in [0.15, 0.2) is 0 Å². The second kappa shape index (κ2) is 6.09. The summed E-state index contributed by atoms with van der Waals surface area (Å²) < 4.78 is 9.88. The average molecular weight is 234 g/mol. The van der Waals surface area contributed by atoms with E-state index in [1.165, 1.54) is 18.7 Å². The van der Waals surface area contributed by atoms with Crippen molar-refractivity contribution in [1.29, 1.82) is 0 Å². The predicted molar refractivity (Wildman–Crippen MR) is 67.2 cm³/mol. The second-order valence-electron chi connectivity index (χ2n) is 4.01. The van der Waals surface area contributed by atoms with Gasteiger partial charge in [0, 0.05) is 6.08 Å². The van der Waals surface area contributed by atoms with Crippen molar-refractivity contribution < 1.29 is 14.3 Å². The molecule has 0 amide bonds. The molecule has 0 aromatic heterocycles. The van der Waals surface area contributed by atoms with Gasteiger partial charge in [-0.3, -0.25) is 0 Å². The molecule has 0 N–H and O–H groups in total. The minimum Gasteiger partial charge on any atom is -0.496 e. The highest BCUT2D eigenvalue weighted by molar-refractivity contribution is 5.82. The lowest BCUT2D eigenvalue weighted by Crippen LogP contribution is -1.99. The molecule has 0 radical (unpaired) electrons. The molecule has 3 heteroatoms. The van der Waals surface area contributed by atoms with Crippen LogP contribution in [0.1, 0.15) is 18.1 Å². The van der Waals surface area contributed by atoms with E-state index in [2.05, 4.69) is 10.8 Å². The van der Waals surface area contributed by atoms with Crippen LogP contribution in [0.3, 0.4) is 0 Å². The van der Waals surface area contributed by atoms with Crippen LogP contribution < -0.4 is 4.74 Å². The number of carbonyl (C=O) groups is 1. The summed E-state index contributed by atoms with van der Waals surface area (Å²) in [6.07, 6.45) is 2.18. The van der Waals surface area contributed by atoms with Gasteiger partial charge < -0.3 is 9.47 Å². The van der Waals surface area contributed by atoms with E-state index < -0.39 is 0 Å². The molecule has 0 atom stereocenters. The van der Waals surface area contributed by atoms with E-state index in [0.717, 1.165) is 16.9 Å². The van der Waals surface area contributed by atoms with Crippen LogP contribution in [0.4, 0.5) is 0 Å². The molecule has 3 nitrogen and oxygen atoms in total. The van der Waals surface area contributed by atoms with Crippen LogP contribution >= 0.6 is 0 Å². The molecular formula is C14H18O3. The van der Waals surface area contributed by atoms with Gasteiger partial charge in [0.1, 0.15) is 5.75 Å². The van der Waals surface area contributed by atoms with Crippen LogP contribution in [0.2, 0.25) is 0 Å². The lowest BCUT2D eigenvalue weighted by atomic mass is 10.0. The number of hydrogen-bond donors (Lipinski definition) is 0. The summed E-state index contributed by atoms with van der Waals surface area (Å²) in [5, 5.41) is 0. The fraction of sp³-hybridized carbons (Fsp3) is 0.357. The second-order valence-corrected chi connectivity index (χ2v) is 4.01. The van der Waals surface area contributed by atoms with Gasteiger partial charge in [-0.2, -0.15) is 0 Å². The average Bonchev–Trinajstić information content (AvgIpc) is 2.29. The van der Waals surface area contributed by atoms with Crippen molar-refractivity contribution in [3.63, 3.8) is 0 Å². The van der Waals surface area contributed by atoms with E-state index in [1.54, 1.807) is 7.11 Å². The summed E-state index contributed by atoms with van der Waals surface area (Å²) in [6, 6.07) is 6.01. The number of rotatable bonds is 4. The number of hydrogen-bond acceptors (Lipinski definition) is 3. The molecule has 92 valence electrons. The van der Waals surface area contributed by atoms with Crippen molar-refractivity contribution in [3.05, 3.63) is 41.0 Å². The SMILES string of the molecule is COC(=O)/C=C(/C)Cc1cc(C)ccc1OC. The molecule has 17 heavy (non-hydrogen) atoms. The zero-order chi connectivity index (χ0) is 12.8. The monoisotopic (exact) mass is 234 g/mol. The zero-order valence-corrected chi connectivity index (χ0v) is 10.7. The Morgan fingerprint density at radius 2 is 2.06 bits per heavy atom. The Labute approximate surface area is 102 Å². The third-order valence-corrected chi connectivity index (χ3v) is 2.47. The quantitative estimate of drug-likeness (QED) is 0.593. The van der Waals surface area contributed by atoms with Gasteiger partial charge in [0.25, 0.3) is 0 Å². The first-order valence-electron chi connectivity index (χ1n) is 5.45. The molecule has 0 aliphatic heterocycles. The fourth-order valence-corrected chi connectivity index (χ4v) is 1.66. The highest BCUT2D eigenvalue weighted by Crippen LogP contribution is 2.22. The highest BCUT2D eigenvalue weighted by atomic mass is 16.5. The van der Waals surface area contributed by atoms with Crippen LogP contribution in [0.15, 0.2) is 29.8 Å². The summed E-state index contributed by atoms with van der Waals surface area (Å²) in [5.41, 5.74) is 3.19. The number of benzene rings is 1. The summed E-state index contributed by atoms with van der Waals surface area (Å²) in [7, 11) is 3.02. The third-order valence-electron chi connectivity index (χ3n) is 2.47. The number of allylic oxidation sites excluding steroid dienone is 1. The van der Waals surface area contributed by atoms with E-state index in [1.807, 2.05) is 26.0 Å². The molecule has 0 spiro atoms. The molecular weight excluding hydrogens is 216 g/mol. The first-order chi connectivity index (χ1) is 8.06. The lowest BCUT2D eigenvalue weighted by Gasteiger charge is -2.09. The van der Waals surface area contributed by atoms with Crippen molar-refractivity contribution in [2.45, 2.75) is 20.3 Å². The number of carbonyl (C=O) groups excluding carboxylic acids is 1. The molecule has 1 rings (SSSR count). The number of esters is 1. The van der Waals surface area contributed by atoms with Gasteiger partial charge >= 0.3 is 5.97 Å². The van der Waals surface area contributed by atoms with Crippen LogP contribution in [0.25, 0.3) is 0 Å². The number of ether oxygens (including phenoxy) is 2. The van der Waals surface area contributed by atoms with Crippen molar-refractivity contribution in [3.8, 4) is 5.75 Å². The van der Waals surface area contributed by atoms with Crippen molar-refractivity contribution >= 4 is 5.97 Å². The maximum atomic E-state index is 11.1. The predicted octanol–water partition coefficient (Wildman–Crippen LogP) is 2.67. The summed E-state index contributed by atoms with van der Waals surface area (Å²) in [5.74, 6) is 0.516. The van der Waals surface area contributed by atoms with Crippen LogP contribution in [-0.2, 0) is 16.0 Å². The zero-order valence-electron chi connectivity index (χ0n) is 10.7. The molecule has 1 aromatic rings. The highest BCUT2D eigenvalue weighted by Gasteiger charge is 2.05. The standard InChI is InChI=1S/C14H18O3/c1-10-5-6-13(16-3)12(7-10)8-11(2)9-14(15)17-4/h5-7,9H,8H2,1-4H3/b11-9-. The molecule has 0 aliphatic carbocycles. The number of methoxy groups -OCH3 is 2. The number of aryl methyl sites for hydroxylation is 1. The molecule has 0 saturated carbocycles. The molecule has 0 fully saturated rings. The maximum absolute atomic E-state index is 11.1. The Hall–Kier alpha value is -1.77. The topological polar surface area (TPSA) is 35.5 Å². The Balaban J connectivity index is 2.90. The maximum Gasteiger partial charge on any atom is 0.330 e. The smallest absolute Gasteiger partial charge is 0.330 e. The lowest BCUT2D eigenvalue weighted by molar-refractivity contribution is -0.134. The van der Waals surface area contributed by atoms with Gasteiger partial charge in [-0.1, -0.05) is 23.3 Å². The van der Waals surface area contributed by atoms with Crippen molar-refractivity contribution in [2.75, 3.05) is 14.2 Å². The van der Waals surface area contributed by atoms with E-state index in [9.17, 15) is 4.79 Å². The Morgan fingerprint density at radius 1 is 1.35 bits per heavy atom. The van der Waals surface area contributed by atoms with Gasteiger partial charge in [0.2, 0.25) is 0 Å². The molecule has 0 unspecified atom stereocenters. The summed E-state index contributed by atoms with van der Waals surface area (Å²) >= 11 is 0. The Morgan fingerprint density at radius 3 is 2.65 bits per heavy atom. The van der Waals surface area contributed by atoms with E-state index in [4.69, 9.17) is 4.74 Å². The minimum atomic E-state index is -0.325. The molecule has 0 heterocycles. The molecule has 0 bridgehead atoms. The molecule has 0 aliphatic rings. The minimum absolute atomic E-state index is 0.325. The Bertz CT molecular complexity index is 433. The third kappa shape index (κ3) is 3.94. The van der Waals surface area contributed by atoms with E-state index >= 15 is 0 Å².